The van der Waals surface area contributed by atoms with E-state index >= 15 is 0 Å². The second-order valence-electron chi connectivity index (χ2n) is 5.42. The lowest BCUT2D eigenvalue weighted by Gasteiger charge is -2.06. The molecule has 0 aliphatic carbocycles. The van der Waals surface area contributed by atoms with E-state index in [1.165, 1.54) is 18.3 Å². The van der Waals surface area contributed by atoms with E-state index in [0.717, 1.165) is 5.56 Å². The van der Waals surface area contributed by atoms with Gasteiger partial charge in [0.1, 0.15) is 18.0 Å². The molecule has 0 atom stereocenters. The maximum Gasteiger partial charge on any atom is 0.341 e. The Hall–Kier alpha value is -3.46. The maximum atomic E-state index is 13.0. The Balaban J connectivity index is 1.72. The summed E-state index contributed by atoms with van der Waals surface area (Å²) in [5.41, 5.74) is 2.95. The minimum atomic E-state index is -0.491. The van der Waals surface area contributed by atoms with Gasteiger partial charge in [0.05, 0.1) is 29.2 Å². The minimum Gasteiger partial charge on any atom is -0.457 e. The molecule has 0 N–H and O–H groups in total. The normalized spacial score (nSPS) is 10.3. The molecule has 5 nitrogen and oxygen atoms in total. The molecule has 2 aromatic carbocycles. The van der Waals surface area contributed by atoms with Gasteiger partial charge in [0.2, 0.25) is 0 Å². The quantitative estimate of drug-likeness (QED) is 0.684. The van der Waals surface area contributed by atoms with E-state index in [0.29, 0.717) is 22.5 Å². The predicted molar refractivity (Wildman–Crippen MR) is 88.5 cm³/mol. The zero-order chi connectivity index (χ0) is 17.8. The molecule has 0 spiro atoms. The van der Waals surface area contributed by atoms with Crippen LogP contribution in [-0.4, -0.2) is 15.7 Å². The average molecular weight is 335 g/mol. The molecule has 1 heterocycles. The van der Waals surface area contributed by atoms with Gasteiger partial charge in [-0.1, -0.05) is 12.1 Å². The fourth-order valence-electron chi connectivity index (χ4n) is 2.35. The number of nitrogens with zero attached hydrogens (tertiary/aromatic N) is 3. The number of nitriles is 1. The third-order valence-electron chi connectivity index (χ3n) is 3.75. The van der Waals surface area contributed by atoms with E-state index < -0.39 is 5.97 Å². The first-order chi connectivity index (χ1) is 12.1. The van der Waals surface area contributed by atoms with Crippen LogP contribution in [0.15, 0.2) is 54.7 Å². The monoisotopic (exact) mass is 335 g/mol. The molecular formula is C19H14FN3O2. The summed E-state index contributed by atoms with van der Waals surface area (Å²) in [6.07, 6.45) is 1.43. The van der Waals surface area contributed by atoms with E-state index in [2.05, 4.69) is 5.10 Å². The highest BCUT2D eigenvalue weighted by atomic mass is 19.1. The second kappa shape index (κ2) is 6.97. The Morgan fingerprint density at radius 3 is 2.52 bits per heavy atom. The number of carbonyl (C=O) groups is 1. The number of hydrogen-bond acceptors (Lipinski definition) is 4. The summed E-state index contributed by atoms with van der Waals surface area (Å²) in [6.45, 7) is 1.85. The summed E-state index contributed by atoms with van der Waals surface area (Å²) in [6, 6.07) is 14.7. The summed E-state index contributed by atoms with van der Waals surface area (Å²) < 4.78 is 19.9. The van der Waals surface area contributed by atoms with Crippen LogP contribution in [0.1, 0.15) is 27.2 Å². The van der Waals surface area contributed by atoms with Crippen molar-refractivity contribution in [1.29, 1.82) is 5.26 Å². The van der Waals surface area contributed by atoms with Crippen molar-refractivity contribution in [2.75, 3.05) is 0 Å². The molecule has 1 aromatic heterocycles. The van der Waals surface area contributed by atoms with E-state index in [9.17, 15) is 9.18 Å². The topological polar surface area (TPSA) is 67.9 Å². The van der Waals surface area contributed by atoms with Crippen LogP contribution in [0.5, 0.6) is 0 Å². The smallest absolute Gasteiger partial charge is 0.341 e. The summed E-state index contributed by atoms with van der Waals surface area (Å²) >= 11 is 0. The number of rotatable bonds is 4. The van der Waals surface area contributed by atoms with E-state index in [-0.39, 0.29) is 12.4 Å². The van der Waals surface area contributed by atoms with E-state index in [1.54, 1.807) is 48.0 Å². The summed E-state index contributed by atoms with van der Waals surface area (Å²) in [4.78, 5) is 12.3. The number of benzene rings is 2. The van der Waals surface area contributed by atoms with Crippen molar-refractivity contribution in [3.05, 3.63) is 82.9 Å². The summed E-state index contributed by atoms with van der Waals surface area (Å²) in [5.74, 6) is -0.828. The number of hydrogen-bond donors (Lipinski definition) is 0. The molecular weight excluding hydrogens is 321 g/mol. The van der Waals surface area contributed by atoms with Gasteiger partial charge >= 0.3 is 5.97 Å². The summed E-state index contributed by atoms with van der Waals surface area (Å²) in [7, 11) is 0. The third kappa shape index (κ3) is 3.56. The Morgan fingerprint density at radius 1 is 1.20 bits per heavy atom. The fraction of sp³-hybridized carbons (Fsp3) is 0.105. The standard InChI is InChI=1S/C19H14FN3O2/c1-13-18(11-22-23(13)17-8-6-16(20)7-9-17)19(24)25-12-15-4-2-14(10-21)3-5-15/h2-9,11H,12H2,1H3. The molecule has 3 rings (SSSR count). The zero-order valence-electron chi connectivity index (χ0n) is 13.4. The lowest BCUT2D eigenvalue weighted by molar-refractivity contribution is 0.0472. The summed E-state index contributed by atoms with van der Waals surface area (Å²) in [5, 5.41) is 12.9. The Labute approximate surface area is 143 Å². The molecule has 0 saturated carbocycles. The van der Waals surface area contributed by atoms with Crippen LogP contribution in [0.3, 0.4) is 0 Å². The van der Waals surface area contributed by atoms with E-state index in [1.807, 2.05) is 6.07 Å². The van der Waals surface area contributed by atoms with Crippen molar-refractivity contribution in [2.24, 2.45) is 0 Å². The molecule has 0 aliphatic rings. The zero-order valence-corrected chi connectivity index (χ0v) is 13.4. The van der Waals surface area contributed by atoms with Crippen LogP contribution in [-0.2, 0) is 11.3 Å². The van der Waals surface area contributed by atoms with Gasteiger partial charge in [0, 0.05) is 0 Å². The molecule has 0 aliphatic heterocycles. The molecule has 0 saturated heterocycles. The molecule has 0 unspecified atom stereocenters. The number of carbonyl (C=O) groups excluding carboxylic acids is 1. The van der Waals surface area contributed by atoms with Gasteiger partial charge in [-0.25, -0.2) is 13.9 Å². The molecule has 0 amide bonds. The van der Waals surface area contributed by atoms with Crippen LogP contribution in [0, 0.1) is 24.1 Å². The molecule has 25 heavy (non-hydrogen) atoms. The van der Waals surface area contributed by atoms with Crippen LogP contribution in [0.4, 0.5) is 4.39 Å². The Bertz CT molecular complexity index is 938. The first-order valence-electron chi connectivity index (χ1n) is 7.55. The van der Waals surface area contributed by atoms with Crippen molar-refractivity contribution in [1.82, 2.24) is 9.78 Å². The second-order valence-corrected chi connectivity index (χ2v) is 5.42. The van der Waals surface area contributed by atoms with Crippen LogP contribution < -0.4 is 0 Å². The van der Waals surface area contributed by atoms with Crippen molar-refractivity contribution < 1.29 is 13.9 Å². The van der Waals surface area contributed by atoms with E-state index in [4.69, 9.17) is 10.00 Å². The van der Waals surface area contributed by atoms with Crippen LogP contribution in [0.25, 0.3) is 5.69 Å². The van der Waals surface area contributed by atoms with Gasteiger partial charge in [0.25, 0.3) is 0 Å². The molecule has 124 valence electrons. The molecule has 3 aromatic rings. The van der Waals surface area contributed by atoms with Gasteiger partial charge in [-0.2, -0.15) is 10.4 Å². The number of aromatic nitrogens is 2. The van der Waals surface area contributed by atoms with Gasteiger partial charge in [0.15, 0.2) is 0 Å². The highest BCUT2D eigenvalue weighted by molar-refractivity contribution is 5.90. The van der Waals surface area contributed by atoms with Crippen molar-refractivity contribution >= 4 is 5.97 Å². The molecule has 6 heteroatoms. The largest absolute Gasteiger partial charge is 0.457 e. The number of ether oxygens (including phenoxy) is 1. The van der Waals surface area contributed by atoms with Crippen molar-refractivity contribution in [2.45, 2.75) is 13.5 Å². The molecule has 0 bridgehead atoms. The first kappa shape index (κ1) is 16.4. The fourth-order valence-corrected chi connectivity index (χ4v) is 2.35. The molecule has 0 fully saturated rings. The predicted octanol–water partition coefficient (Wildman–Crippen LogP) is 3.55. The Kier molecular flexibility index (Phi) is 4.57. The van der Waals surface area contributed by atoms with Crippen LogP contribution in [0.2, 0.25) is 0 Å². The van der Waals surface area contributed by atoms with Gasteiger partial charge in [-0.15, -0.1) is 0 Å². The van der Waals surface area contributed by atoms with Crippen LogP contribution >= 0.6 is 0 Å². The number of halogens is 1. The first-order valence-corrected chi connectivity index (χ1v) is 7.55. The van der Waals surface area contributed by atoms with Gasteiger partial charge in [-0.3, -0.25) is 0 Å². The SMILES string of the molecule is Cc1c(C(=O)OCc2ccc(C#N)cc2)cnn1-c1ccc(F)cc1. The lowest BCUT2D eigenvalue weighted by Crippen LogP contribution is -2.07. The minimum absolute atomic E-state index is 0.103. The number of esters is 1. The molecule has 0 radical (unpaired) electrons. The Morgan fingerprint density at radius 2 is 1.88 bits per heavy atom. The highest BCUT2D eigenvalue weighted by Crippen LogP contribution is 2.16. The highest BCUT2D eigenvalue weighted by Gasteiger charge is 2.16. The van der Waals surface area contributed by atoms with Gasteiger partial charge < -0.3 is 4.74 Å². The maximum absolute atomic E-state index is 13.0. The lowest BCUT2D eigenvalue weighted by atomic mass is 10.1. The average Bonchev–Trinajstić information content (AvgIpc) is 3.02. The van der Waals surface area contributed by atoms with Crippen molar-refractivity contribution in [3.63, 3.8) is 0 Å². The van der Waals surface area contributed by atoms with Gasteiger partial charge in [-0.05, 0) is 48.9 Å². The van der Waals surface area contributed by atoms with Crippen molar-refractivity contribution in [3.8, 4) is 11.8 Å². The third-order valence-corrected chi connectivity index (χ3v) is 3.75.